The Bertz CT molecular complexity index is 652. The fourth-order valence-corrected chi connectivity index (χ4v) is 1.99. The van der Waals surface area contributed by atoms with E-state index in [0.29, 0.717) is 23.6 Å². The smallest absolute Gasteiger partial charge is 0.191 e. The van der Waals surface area contributed by atoms with Crippen molar-refractivity contribution in [3.05, 3.63) is 35.7 Å². The van der Waals surface area contributed by atoms with Crippen LogP contribution in [0.25, 0.3) is 0 Å². The fraction of sp³-hybridized carbons (Fsp3) is 0.231. The van der Waals surface area contributed by atoms with E-state index >= 15 is 0 Å². The second-order valence-electron chi connectivity index (χ2n) is 4.03. The van der Waals surface area contributed by atoms with Crippen LogP contribution in [0.5, 0.6) is 0 Å². The van der Waals surface area contributed by atoms with Gasteiger partial charge < -0.3 is 10.6 Å². The van der Waals surface area contributed by atoms with Crippen LogP contribution in [0.2, 0.25) is 0 Å². The van der Waals surface area contributed by atoms with Gasteiger partial charge in [-0.1, -0.05) is 11.8 Å². The zero-order valence-electron chi connectivity index (χ0n) is 11.4. The van der Waals surface area contributed by atoms with Gasteiger partial charge in [0.05, 0.1) is 5.69 Å². The lowest BCUT2D eigenvalue weighted by atomic mass is 10.3. The van der Waals surface area contributed by atoms with Gasteiger partial charge in [0.25, 0.3) is 0 Å². The second-order valence-corrected chi connectivity index (χ2v) is 4.80. The number of nitrogens with one attached hydrogen (secondary N) is 2. The van der Waals surface area contributed by atoms with Crippen LogP contribution < -0.4 is 10.6 Å². The van der Waals surface area contributed by atoms with Crippen LogP contribution in [0.1, 0.15) is 6.92 Å². The van der Waals surface area contributed by atoms with Crippen LogP contribution in [0, 0.1) is 17.5 Å². The number of aromatic nitrogens is 2. The highest BCUT2D eigenvalue weighted by atomic mass is 32.2. The van der Waals surface area contributed by atoms with Crippen LogP contribution >= 0.6 is 11.8 Å². The lowest BCUT2D eigenvalue weighted by Gasteiger charge is -2.10. The first-order valence-electron chi connectivity index (χ1n) is 6.12. The van der Waals surface area contributed by atoms with E-state index in [1.54, 1.807) is 12.3 Å². The summed E-state index contributed by atoms with van der Waals surface area (Å²) in [5.74, 6) is -2.43. The van der Waals surface area contributed by atoms with Crippen LogP contribution in [0.4, 0.5) is 30.5 Å². The molecule has 0 aliphatic rings. The zero-order chi connectivity index (χ0) is 15.4. The highest BCUT2D eigenvalue weighted by Gasteiger charge is 2.11. The summed E-state index contributed by atoms with van der Waals surface area (Å²) in [4.78, 5) is 8.35. The third-order valence-corrected chi connectivity index (χ3v) is 3.07. The van der Waals surface area contributed by atoms with Crippen molar-refractivity contribution in [1.29, 1.82) is 0 Å². The lowest BCUT2D eigenvalue weighted by molar-refractivity contribution is 0.496. The largest absolute Gasteiger partial charge is 0.370 e. The van der Waals surface area contributed by atoms with E-state index in [1.807, 2.05) is 6.92 Å². The van der Waals surface area contributed by atoms with E-state index in [9.17, 15) is 13.2 Å². The highest BCUT2D eigenvalue weighted by molar-refractivity contribution is 7.98. The molecule has 1 aromatic carbocycles. The quantitative estimate of drug-likeness (QED) is 0.499. The minimum atomic E-state index is -1.24. The average Bonchev–Trinajstić information content (AvgIpc) is 2.45. The average molecular weight is 314 g/mol. The van der Waals surface area contributed by atoms with Crippen LogP contribution in [0.3, 0.4) is 0 Å². The maximum absolute atomic E-state index is 13.6. The summed E-state index contributed by atoms with van der Waals surface area (Å²) in [5, 5.41) is 6.11. The number of anilines is 3. The molecule has 4 nitrogen and oxygen atoms in total. The van der Waals surface area contributed by atoms with Crippen molar-refractivity contribution in [3.8, 4) is 0 Å². The van der Waals surface area contributed by atoms with Gasteiger partial charge >= 0.3 is 0 Å². The Morgan fingerprint density at radius 3 is 2.33 bits per heavy atom. The van der Waals surface area contributed by atoms with Gasteiger partial charge in [-0.05, 0) is 13.2 Å². The predicted molar refractivity (Wildman–Crippen MR) is 77.6 cm³/mol. The Kier molecular flexibility index (Phi) is 4.89. The summed E-state index contributed by atoms with van der Waals surface area (Å²) in [7, 11) is 0. The summed E-state index contributed by atoms with van der Waals surface area (Å²) in [5.41, 5.74) is -0.192. The summed E-state index contributed by atoms with van der Waals surface area (Å²) in [6, 6.07) is 2.79. The van der Waals surface area contributed by atoms with Crippen molar-refractivity contribution in [2.45, 2.75) is 12.1 Å². The Morgan fingerprint density at radius 2 is 1.67 bits per heavy atom. The molecule has 0 spiro atoms. The van der Waals surface area contributed by atoms with E-state index in [1.165, 1.54) is 11.8 Å². The van der Waals surface area contributed by atoms with Gasteiger partial charge in [0, 0.05) is 24.7 Å². The first kappa shape index (κ1) is 15.4. The maximum atomic E-state index is 13.6. The molecule has 1 aromatic heterocycles. The maximum Gasteiger partial charge on any atom is 0.191 e. The van der Waals surface area contributed by atoms with E-state index in [4.69, 9.17) is 0 Å². The number of nitrogens with zero attached hydrogens (tertiary/aromatic N) is 2. The summed E-state index contributed by atoms with van der Waals surface area (Å²) < 4.78 is 39.7. The number of halogens is 3. The second kappa shape index (κ2) is 6.66. The van der Waals surface area contributed by atoms with Crippen LogP contribution in [0.15, 0.2) is 23.4 Å². The molecule has 0 atom stereocenters. The third kappa shape index (κ3) is 3.78. The van der Waals surface area contributed by atoms with Gasteiger partial charge in [-0.15, -0.1) is 0 Å². The molecule has 0 aliphatic carbocycles. The Balaban J connectivity index is 2.34. The van der Waals surface area contributed by atoms with E-state index in [-0.39, 0.29) is 11.5 Å². The standard InChI is InChI=1S/C13H13F3N4S/c1-3-17-11-6-12(20-13(19-11)21-2)18-10-5-8(15)7(14)4-9(10)16/h4-6H,3H2,1-2H3,(H2,17,18,19,20). The molecule has 0 unspecified atom stereocenters. The molecule has 112 valence electrons. The number of thioether (sulfide) groups is 1. The molecule has 0 radical (unpaired) electrons. The molecule has 8 heteroatoms. The van der Waals surface area contributed by atoms with Crippen molar-refractivity contribution >= 4 is 29.1 Å². The van der Waals surface area contributed by atoms with Gasteiger partial charge in [-0.3, -0.25) is 0 Å². The van der Waals surface area contributed by atoms with Gasteiger partial charge in [-0.2, -0.15) is 0 Å². The first-order chi connectivity index (χ1) is 10.0. The van der Waals surface area contributed by atoms with Crippen molar-refractivity contribution in [2.75, 3.05) is 23.4 Å². The van der Waals surface area contributed by atoms with E-state index < -0.39 is 17.5 Å². The monoisotopic (exact) mass is 314 g/mol. The van der Waals surface area contributed by atoms with E-state index in [0.717, 1.165) is 6.07 Å². The van der Waals surface area contributed by atoms with Crippen molar-refractivity contribution in [2.24, 2.45) is 0 Å². The molecule has 0 saturated carbocycles. The number of hydrogen-bond acceptors (Lipinski definition) is 5. The number of hydrogen-bond donors (Lipinski definition) is 2. The van der Waals surface area contributed by atoms with Crippen LogP contribution in [-0.4, -0.2) is 22.8 Å². The summed E-state index contributed by atoms with van der Waals surface area (Å²) >= 11 is 1.31. The topological polar surface area (TPSA) is 49.8 Å². The Hall–Kier alpha value is -1.96. The minimum absolute atomic E-state index is 0.192. The third-order valence-electron chi connectivity index (χ3n) is 2.52. The molecular weight excluding hydrogens is 301 g/mol. The molecule has 0 saturated heterocycles. The van der Waals surface area contributed by atoms with E-state index in [2.05, 4.69) is 20.6 Å². The normalized spacial score (nSPS) is 10.5. The Morgan fingerprint density at radius 1 is 1.00 bits per heavy atom. The number of benzene rings is 1. The minimum Gasteiger partial charge on any atom is -0.370 e. The molecule has 2 aromatic rings. The molecule has 2 N–H and O–H groups in total. The molecular formula is C13H13F3N4S. The zero-order valence-corrected chi connectivity index (χ0v) is 12.2. The fourth-order valence-electron chi connectivity index (χ4n) is 1.61. The van der Waals surface area contributed by atoms with Gasteiger partial charge in [0.2, 0.25) is 0 Å². The van der Waals surface area contributed by atoms with Crippen LogP contribution in [-0.2, 0) is 0 Å². The predicted octanol–water partition coefficient (Wildman–Crippen LogP) is 3.79. The summed E-state index contributed by atoms with van der Waals surface area (Å²) in [6.07, 6.45) is 1.80. The van der Waals surface area contributed by atoms with Gasteiger partial charge in [0.15, 0.2) is 16.8 Å². The van der Waals surface area contributed by atoms with Crippen molar-refractivity contribution in [1.82, 2.24) is 9.97 Å². The van der Waals surface area contributed by atoms with Crippen molar-refractivity contribution < 1.29 is 13.2 Å². The molecule has 0 bridgehead atoms. The van der Waals surface area contributed by atoms with Gasteiger partial charge in [0.1, 0.15) is 17.5 Å². The number of rotatable bonds is 5. The highest BCUT2D eigenvalue weighted by Crippen LogP contribution is 2.24. The lowest BCUT2D eigenvalue weighted by Crippen LogP contribution is -2.04. The SMILES string of the molecule is CCNc1cc(Nc2cc(F)c(F)cc2F)nc(SC)n1. The van der Waals surface area contributed by atoms with Gasteiger partial charge in [-0.25, -0.2) is 23.1 Å². The summed E-state index contributed by atoms with van der Waals surface area (Å²) in [6.45, 7) is 2.56. The molecule has 21 heavy (non-hydrogen) atoms. The molecule has 2 rings (SSSR count). The molecule has 0 fully saturated rings. The molecule has 0 amide bonds. The Labute approximate surface area is 124 Å². The molecule has 1 heterocycles. The molecule has 0 aliphatic heterocycles. The first-order valence-corrected chi connectivity index (χ1v) is 7.34. The van der Waals surface area contributed by atoms with Crippen molar-refractivity contribution in [3.63, 3.8) is 0 Å².